The van der Waals surface area contributed by atoms with Crippen LogP contribution in [0, 0.1) is 23.7 Å². The topological polar surface area (TPSA) is 18.5 Å². The molecule has 0 radical (unpaired) electrons. The number of methoxy groups -OCH3 is 1. The summed E-state index contributed by atoms with van der Waals surface area (Å²) in [4.78, 5) is 0. The first-order chi connectivity index (χ1) is 8.22. The maximum atomic E-state index is 5.99. The van der Waals surface area contributed by atoms with E-state index in [0.29, 0.717) is 12.0 Å². The monoisotopic (exact) mass is 240 g/mol. The van der Waals surface area contributed by atoms with E-state index in [2.05, 4.69) is 13.8 Å². The average molecular weight is 240 g/mol. The van der Waals surface area contributed by atoms with E-state index in [0.717, 1.165) is 31.0 Å². The van der Waals surface area contributed by atoms with E-state index in [1.54, 1.807) is 0 Å². The summed E-state index contributed by atoms with van der Waals surface area (Å²) < 4.78 is 11.3. The van der Waals surface area contributed by atoms with Gasteiger partial charge in [-0.25, -0.2) is 0 Å². The minimum Gasteiger partial charge on any atom is -0.384 e. The largest absolute Gasteiger partial charge is 0.384 e. The molecule has 0 spiro atoms. The summed E-state index contributed by atoms with van der Waals surface area (Å²) in [6.45, 7) is 6.48. The van der Waals surface area contributed by atoms with Gasteiger partial charge in [-0.3, -0.25) is 0 Å². The van der Waals surface area contributed by atoms with Gasteiger partial charge in [0.15, 0.2) is 0 Å². The quantitative estimate of drug-likeness (QED) is 0.751. The maximum absolute atomic E-state index is 5.99. The molecule has 0 aromatic carbocycles. The van der Waals surface area contributed by atoms with Gasteiger partial charge in [-0.15, -0.1) is 0 Å². The lowest BCUT2D eigenvalue weighted by Crippen LogP contribution is -2.35. The van der Waals surface area contributed by atoms with Crippen molar-refractivity contribution in [2.24, 2.45) is 23.7 Å². The van der Waals surface area contributed by atoms with E-state index in [1.807, 2.05) is 7.11 Å². The summed E-state index contributed by atoms with van der Waals surface area (Å²) in [6, 6.07) is 0. The zero-order valence-corrected chi connectivity index (χ0v) is 11.7. The van der Waals surface area contributed by atoms with Crippen LogP contribution < -0.4 is 0 Å². The van der Waals surface area contributed by atoms with E-state index in [9.17, 15) is 0 Å². The van der Waals surface area contributed by atoms with E-state index in [4.69, 9.17) is 9.47 Å². The van der Waals surface area contributed by atoms with Gasteiger partial charge >= 0.3 is 0 Å². The fourth-order valence-electron chi connectivity index (χ4n) is 3.91. The molecule has 1 saturated heterocycles. The van der Waals surface area contributed by atoms with Gasteiger partial charge in [0.2, 0.25) is 0 Å². The Morgan fingerprint density at radius 1 is 1.24 bits per heavy atom. The standard InChI is InChI=1S/C15H28O2/c1-11(9-16-3)14-6-4-5-13-8-7-12(2)17-10-15(13)14/h11-15H,4-10H2,1-3H3. The molecule has 0 aromatic heterocycles. The molecule has 2 heteroatoms. The lowest BCUT2D eigenvalue weighted by molar-refractivity contribution is -0.00635. The van der Waals surface area contributed by atoms with Gasteiger partial charge in [0.1, 0.15) is 0 Å². The molecular weight excluding hydrogens is 212 g/mol. The van der Waals surface area contributed by atoms with Crippen LogP contribution in [0.2, 0.25) is 0 Å². The van der Waals surface area contributed by atoms with E-state index in [-0.39, 0.29) is 0 Å². The van der Waals surface area contributed by atoms with Crippen LogP contribution in [0.5, 0.6) is 0 Å². The highest BCUT2D eigenvalue weighted by atomic mass is 16.5. The summed E-state index contributed by atoms with van der Waals surface area (Å²) in [5.74, 6) is 3.21. The van der Waals surface area contributed by atoms with Gasteiger partial charge in [0.25, 0.3) is 0 Å². The van der Waals surface area contributed by atoms with Crippen molar-refractivity contribution in [3.63, 3.8) is 0 Å². The molecule has 17 heavy (non-hydrogen) atoms. The van der Waals surface area contributed by atoms with E-state index < -0.39 is 0 Å². The fraction of sp³-hybridized carbons (Fsp3) is 1.00. The molecule has 1 heterocycles. The molecule has 2 fully saturated rings. The second-order valence-corrected chi connectivity index (χ2v) is 6.17. The lowest BCUT2D eigenvalue weighted by Gasteiger charge is -2.40. The van der Waals surface area contributed by atoms with Crippen molar-refractivity contribution in [1.82, 2.24) is 0 Å². The van der Waals surface area contributed by atoms with Crippen molar-refractivity contribution in [3.05, 3.63) is 0 Å². The second-order valence-electron chi connectivity index (χ2n) is 6.17. The lowest BCUT2D eigenvalue weighted by atomic mass is 9.67. The summed E-state index contributed by atoms with van der Waals surface area (Å²) in [5, 5.41) is 0. The minimum absolute atomic E-state index is 0.471. The molecule has 1 aliphatic heterocycles. The van der Waals surface area contributed by atoms with Gasteiger partial charge in [-0.1, -0.05) is 19.8 Å². The minimum atomic E-state index is 0.471. The Kier molecular flexibility index (Phi) is 4.87. The van der Waals surface area contributed by atoms with Crippen molar-refractivity contribution >= 4 is 0 Å². The van der Waals surface area contributed by atoms with Crippen LogP contribution in [0.25, 0.3) is 0 Å². The summed E-state index contributed by atoms with van der Waals surface area (Å²) in [7, 11) is 1.82. The number of ether oxygens (including phenoxy) is 2. The molecule has 2 nitrogen and oxygen atoms in total. The highest BCUT2D eigenvalue weighted by Gasteiger charge is 2.37. The van der Waals surface area contributed by atoms with E-state index >= 15 is 0 Å². The van der Waals surface area contributed by atoms with Crippen LogP contribution in [-0.4, -0.2) is 26.4 Å². The van der Waals surface area contributed by atoms with Crippen LogP contribution in [0.4, 0.5) is 0 Å². The predicted molar refractivity (Wildman–Crippen MR) is 70.0 cm³/mol. The third-order valence-electron chi connectivity index (χ3n) is 4.95. The highest BCUT2D eigenvalue weighted by molar-refractivity contribution is 4.86. The van der Waals surface area contributed by atoms with Crippen LogP contribution >= 0.6 is 0 Å². The summed E-state index contributed by atoms with van der Waals surface area (Å²) in [6.07, 6.45) is 7.32. The molecule has 0 bridgehead atoms. The number of rotatable bonds is 3. The van der Waals surface area contributed by atoms with Gasteiger partial charge in [-0.2, -0.15) is 0 Å². The van der Waals surface area contributed by atoms with Crippen molar-refractivity contribution in [3.8, 4) is 0 Å². The third-order valence-corrected chi connectivity index (χ3v) is 4.95. The Bertz CT molecular complexity index is 229. The zero-order valence-electron chi connectivity index (χ0n) is 11.7. The van der Waals surface area contributed by atoms with Crippen LogP contribution in [0.1, 0.15) is 46.0 Å². The maximum Gasteiger partial charge on any atom is 0.0547 e. The van der Waals surface area contributed by atoms with Gasteiger partial charge < -0.3 is 9.47 Å². The molecule has 0 amide bonds. The summed E-state index contributed by atoms with van der Waals surface area (Å²) >= 11 is 0. The third kappa shape index (κ3) is 3.23. The number of hydrogen-bond donors (Lipinski definition) is 0. The Morgan fingerprint density at radius 2 is 2.06 bits per heavy atom. The van der Waals surface area contributed by atoms with Crippen molar-refractivity contribution in [2.45, 2.75) is 52.1 Å². The number of hydrogen-bond acceptors (Lipinski definition) is 2. The van der Waals surface area contributed by atoms with Gasteiger partial charge in [0.05, 0.1) is 12.7 Å². The molecule has 5 unspecified atom stereocenters. The molecule has 1 saturated carbocycles. The molecule has 1 aliphatic carbocycles. The second kappa shape index (κ2) is 6.19. The molecular formula is C15H28O2. The van der Waals surface area contributed by atoms with Gasteiger partial charge in [0, 0.05) is 13.7 Å². The zero-order chi connectivity index (χ0) is 12.3. The fourth-order valence-corrected chi connectivity index (χ4v) is 3.91. The van der Waals surface area contributed by atoms with E-state index in [1.165, 1.54) is 32.1 Å². The number of fused-ring (bicyclic) bond motifs is 1. The predicted octanol–water partition coefficient (Wildman–Crippen LogP) is 3.50. The van der Waals surface area contributed by atoms with Crippen molar-refractivity contribution in [2.75, 3.05) is 20.3 Å². The van der Waals surface area contributed by atoms with Gasteiger partial charge in [-0.05, 0) is 49.9 Å². The first-order valence-corrected chi connectivity index (χ1v) is 7.33. The smallest absolute Gasteiger partial charge is 0.0547 e. The first kappa shape index (κ1) is 13.4. The van der Waals surface area contributed by atoms with Crippen molar-refractivity contribution < 1.29 is 9.47 Å². The normalized spacial score (nSPS) is 40.4. The van der Waals surface area contributed by atoms with Crippen LogP contribution in [0.15, 0.2) is 0 Å². The van der Waals surface area contributed by atoms with Crippen LogP contribution in [-0.2, 0) is 9.47 Å². The highest BCUT2D eigenvalue weighted by Crippen LogP contribution is 2.43. The molecule has 0 aromatic rings. The average Bonchev–Trinajstić information content (AvgIpc) is 2.52. The molecule has 2 rings (SSSR count). The van der Waals surface area contributed by atoms with Crippen LogP contribution in [0.3, 0.4) is 0 Å². The SMILES string of the molecule is COCC(C)C1CCCC2CCC(C)OCC21. The summed E-state index contributed by atoms with van der Waals surface area (Å²) in [5.41, 5.74) is 0. The molecule has 100 valence electrons. The molecule has 2 aliphatic rings. The molecule has 5 atom stereocenters. The Balaban J connectivity index is 2.01. The Labute approximate surface area is 106 Å². The first-order valence-electron chi connectivity index (χ1n) is 7.33. The van der Waals surface area contributed by atoms with Crippen molar-refractivity contribution in [1.29, 1.82) is 0 Å². The Morgan fingerprint density at radius 3 is 2.82 bits per heavy atom. The Hall–Kier alpha value is -0.0800. The molecule has 0 N–H and O–H groups in total.